The SMILES string of the molecule is COC1CC(C(=O)O)N(C(=O)NCCc2cnc[nH]2)C1. The van der Waals surface area contributed by atoms with Crippen LogP contribution in [0.4, 0.5) is 4.79 Å². The van der Waals surface area contributed by atoms with Crippen molar-refractivity contribution in [3.05, 3.63) is 18.2 Å². The van der Waals surface area contributed by atoms with Gasteiger partial charge in [0.15, 0.2) is 0 Å². The molecule has 8 nitrogen and oxygen atoms in total. The summed E-state index contributed by atoms with van der Waals surface area (Å²) < 4.78 is 5.14. The zero-order valence-electron chi connectivity index (χ0n) is 11.2. The number of ether oxygens (including phenoxy) is 1. The van der Waals surface area contributed by atoms with Crippen LogP contribution < -0.4 is 5.32 Å². The van der Waals surface area contributed by atoms with Crippen LogP contribution in [0, 0.1) is 0 Å². The molecule has 1 saturated heterocycles. The van der Waals surface area contributed by atoms with Crippen molar-refractivity contribution in [2.24, 2.45) is 0 Å². The van der Waals surface area contributed by atoms with Gasteiger partial charge in [0.2, 0.25) is 0 Å². The van der Waals surface area contributed by atoms with Gasteiger partial charge in [-0.1, -0.05) is 0 Å². The van der Waals surface area contributed by atoms with E-state index in [4.69, 9.17) is 9.84 Å². The number of amides is 2. The van der Waals surface area contributed by atoms with Gasteiger partial charge in [-0.15, -0.1) is 0 Å². The topological polar surface area (TPSA) is 108 Å². The van der Waals surface area contributed by atoms with Gasteiger partial charge >= 0.3 is 12.0 Å². The molecule has 20 heavy (non-hydrogen) atoms. The largest absolute Gasteiger partial charge is 0.480 e. The monoisotopic (exact) mass is 282 g/mol. The molecule has 2 amide bonds. The predicted octanol–water partition coefficient (Wildman–Crippen LogP) is -0.164. The Labute approximate surface area is 116 Å². The summed E-state index contributed by atoms with van der Waals surface area (Å²) in [6.45, 7) is 0.713. The van der Waals surface area contributed by atoms with Crippen LogP contribution in [-0.2, 0) is 16.0 Å². The van der Waals surface area contributed by atoms with Crippen molar-refractivity contribution < 1.29 is 19.4 Å². The number of aromatic nitrogens is 2. The van der Waals surface area contributed by atoms with Crippen LogP contribution in [0.15, 0.2) is 12.5 Å². The van der Waals surface area contributed by atoms with Crippen molar-refractivity contribution in [2.75, 3.05) is 20.2 Å². The molecule has 2 heterocycles. The number of carbonyl (C=O) groups is 2. The lowest BCUT2D eigenvalue weighted by molar-refractivity contribution is -0.141. The van der Waals surface area contributed by atoms with Crippen molar-refractivity contribution in [2.45, 2.75) is 25.0 Å². The number of carboxylic acid groups (broad SMARTS) is 1. The van der Waals surface area contributed by atoms with Gasteiger partial charge in [-0.2, -0.15) is 0 Å². The number of urea groups is 1. The summed E-state index contributed by atoms with van der Waals surface area (Å²) in [5, 5.41) is 11.8. The van der Waals surface area contributed by atoms with E-state index in [1.54, 1.807) is 12.5 Å². The fraction of sp³-hybridized carbons (Fsp3) is 0.583. The van der Waals surface area contributed by atoms with Crippen molar-refractivity contribution >= 4 is 12.0 Å². The fourth-order valence-electron chi connectivity index (χ4n) is 2.25. The molecule has 0 saturated carbocycles. The normalized spacial score (nSPS) is 21.9. The van der Waals surface area contributed by atoms with Crippen LogP contribution in [0.3, 0.4) is 0 Å². The molecule has 1 fully saturated rings. The number of rotatable bonds is 5. The molecule has 110 valence electrons. The number of hydrogen-bond acceptors (Lipinski definition) is 4. The first kappa shape index (κ1) is 14.3. The molecule has 1 aromatic heterocycles. The van der Waals surface area contributed by atoms with E-state index in [1.165, 1.54) is 12.0 Å². The lowest BCUT2D eigenvalue weighted by Gasteiger charge is -2.21. The van der Waals surface area contributed by atoms with Crippen molar-refractivity contribution in [3.8, 4) is 0 Å². The van der Waals surface area contributed by atoms with E-state index in [0.29, 0.717) is 25.9 Å². The minimum absolute atomic E-state index is 0.227. The Hall–Kier alpha value is -2.09. The lowest BCUT2D eigenvalue weighted by atomic mass is 10.2. The summed E-state index contributed by atoms with van der Waals surface area (Å²) in [4.78, 5) is 31.3. The first-order valence-electron chi connectivity index (χ1n) is 6.39. The van der Waals surface area contributed by atoms with E-state index < -0.39 is 12.0 Å². The highest BCUT2D eigenvalue weighted by molar-refractivity contribution is 5.83. The van der Waals surface area contributed by atoms with E-state index in [9.17, 15) is 9.59 Å². The number of imidazole rings is 1. The number of hydrogen-bond donors (Lipinski definition) is 3. The average Bonchev–Trinajstić information content (AvgIpc) is 3.07. The third-order valence-corrected chi connectivity index (χ3v) is 3.37. The van der Waals surface area contributed by atoms with Gasteiger partial charge in [0.25, 0.3) is 0 Å². The van der Waals surface area contributed by atoms with Gasteiger partial charge in [0.1, 0.15) is 6.04 Å². The highest BCUT2D eigenvalue weighted by atomic mass is 16.5. The average molecular weight is 282 g/mol. The summed E-state index contributed by atoms with van der Waals surface area (Å²) in [7, 11) is 1.52. The molecule has 1 aliphatic rings. The third-order valence-electron chi connectivity index (χ3n) is 3.37. The molecule has 0 bridgehead atoms. The number of H-pyrrole nitrogens is 1. The van der Waals surface area contributed by atoms with E-state index in [0.717, 1.165) is 5.69 Å². The number of aliphatic carboxylic acids is 1. The minimum atomic E-state index is -1.01. The van der Waals surface area contributed by atoms with Crippen LogP contribution in [-0.4, -0.2) is 64.3 Å². The van der Waals surface area contributed by atoms with E-state index >= 15 is 0 Å². The van der Waals surface area contributed by atoms with Gasteiger partial charge in [-0.3, -0.25) is 0 Å². The highest BCUT2D eigenvalue weighted by Gasteiger charge is 2.39. The molecule has 3 N–H and O–H groups in total. The number of aromatic amines is 1. The van der Waals surface area contributed by atoms with Crippen LogP contribution >= 0.6 is 0 Å². The Kier molecular flexibility index (Phi) is 4.57. The summed E-state index contributed by atoms with van der Waals surface area (Å²) in [5.41, 5.74) is 0.913. The second-order valence-corrected chi connectivity index (χ2v) is 4.66. The maximum Gasteiger partial charge on any atom is 0.326 e. The molecule has 8 heteroatoms. The molecular formula is C12H18N4O4. The summed E-state index contributed by atoms with van der Waals surface area (Å²) >= 11 is 0. The minimum Gasteiger partial charge on any atom is -0.480 e. The maximum absolute atomic E-state index is 12.0. The van der Waals surface area contributed by atoms with E-state index in [-0.39, 0.29) is 12.1 Å². The Morgan fingerprint density at radius 3 is 3.05 bits per heavy atom. The van der Waals surface area contributed by atoms with Crippen LogP contribution in [0.2, 0.25) is 0 Å². The first-order valence-corrected chi connectivity index (χ1v) is 6.39. The van der Waals surface area contributed by atoms with Crippen molar-refractivity contribution in [1.29, 1.82) is 0 Å². The van der Waals surface area contributed by atoms with Gasteiger partial charge in [-0.25, -0.2) is 14.6 Å². The molecule has 2 unspecified atom stereocenters. The molecule has 0 radical (unpaired) electrons. The number of carbonyl (C=O) groups excluding carboxylic acids is 1. The summed E-state index contributed by atoms with van der Waals surface area (Å²) in [6, 6.07) is -1.21. The smallest absolute Gasteiger partial charge is 0.326 e. The van der Waals surface area contributed by atoms with Crippen LogP contribution in [0.1, 0.15) is 12.1 Å². The van der Waals surface area contributed by atoms with Crippen LogP contribution in [0.5, 0.6) is 0 Å². The number of carboxylic acids is 1. The Bertz CT molecular complexity index is 462. The zero-order chi connectivity index (χ0) is 14.5. The standard InChI is InChI=1S/C12H18N4O4/c1-20-9-4-10(11(17)18)16(6-9)12(19)14-3-2-8-5-13-7-15-8/h5,7,9-10H,2-4,6H2,1H3,(H,13,15)(H,14,19)(H,17,18). The Morgan fingerprint density at radius 1 is 1.65 bits per heavy atom. The van der Waals surface area contributed by atoms with Crippen molar-refractivity contribution in [3.63, 3.8) is 0 Å². The summed E-state index contributed by atoms with van der Waals surface area (Å²) in [5.74, 6) is -1.01. The van der Waals surface area contributed by atoms with Gasteiger partial charge in [0, 0.05) is 44.9 Å². The highest BCUT2D eigenvalue weighted by Crippen LogP contribution is 2.20. The van der Waals surface area contributed by atoms with E-state index in [2.05, 4.69) is 15.3 Å². The summed E-state index contributed by atoms with van der Waals surface area (Å²) in [6.07, 6.45) is 3.96. The lowest BCUT2D eigenvalue weighted by Crippen LogP contribution is -2.46. The number of methoxy groups -OCH3 is 1. The molecule has 1 aromatic rings. The van der Waals surface area contributed by atoms with Gasteiger partial charge in [-0.05, 0) is 0 Å². The molecule has 0 spiro atoms. The molecule has 0 aliphatic carbocycles. The molecule has 0 aromatic carbocycles. The quantitative estimate of drug-likeness (QED) is 0.695. The number of nitrogens with one attached hydrogen (secondary N) is 2. The van der Waals surface area contributed by atoms with Gasteiger partial charge in [0.05, 0.1) is 12.4 Å². The maximum atomic E-state index is 12.0. The van der Waals surface area contributed by atoms with Crippen molar-refractivity contribution in [1.82, 2.24) is 20.2 Å². The zero-order valence-corrected chi connectivity index (χ0v) is 11.2. The molecule has 2 atom stereocenters. The Balaban J connectivity index is 1.85. The van der Waals surface area contributed by atoms with Gasteiger partial charge < -0.3 is 25.0 Å². The van der Waals surface area contributed by atoms with E-state index in [1.807, 2.05) is 0 Å². The second-order valence-electron chi connectivity index (χ2n) is 4.66. The second kappa shape index (κ2) is 6.38. The predicted molar refractivity (Wildman–Crippen MR) is 69.2 cm³/mol. The van der Waals surface area contributed by atoms with Crippen LogP contribution in [0.25, 0.3) is 0 Å². The first-order chi connectivity index (χ1) is 9.61. The molecule has 1 aliphatic heterocycles. The number of nitrogens with zero attached hydrogens (tertiary/aromatic N) is 2. The third kappa shape index (κ3) is 3.27. The number of likely N-dealkylation sites (tertiary alicyclic amines) is 1. The molecule has 2 rings (SSSR count). The Morgan fingerprint density at radius 2 is 2.45 bits per heavy atom. The molecular weight excluding hydrogens is 264 g/mol. The fourth-order valence-corrected chi connectivity index (χ4v) is 2.25.